The number of carboxylic acid groups (broad SMARTS) is 2. The second-order valence-corrected chi connectivity index (χ2v) is 9.22. The van der Waals surface area contributed by atoms with Crippen LogP contribution in [0.25, 0.3) is 11.8 Å². The van der Waals surface area contributed by atoms with Gasteiger partial charge in [0.2, 0.25) is 0 Å². The van der Waals surface area contributed by atoms with E-state index in [2.05, 4.69) is 10.2 Å². The third kappa shape index (κ3) is 4.93. The molecular formula is C24H14N4O9S-4. The molecule has 0 radical (unpaired) electrons. The van der Waals surface area contributed by atoms with Crippen LogP contribution in [0.4, 0.5) is 5.69 Å². The van der Waals surface area contributed by atoms with Crippen LogP contribution in [0.15, 0.2) is 76.3 Å². The third-order valence-electron chi connectivity index (χ3n) is 5.32. The molecule has 0 N–H and O–H groups in total. The van der Waals surface area contributed by atoms with E-state index in [1.807, 2.05) is 6.92 Å². The standard InChI is InChI=1S/C24H18N4O9S/c1-13-5-7-14(8-6-13)27-21(29)17(19(25-27)23(31)32)3-2-4-18-20(24(33)34)26-28(22(18)30)15-9-11-16(12-10-15)38(35,36)37/h2-12,29H,1H3,(H,31,32)(H,33,34)(H,35,36,37)/p-4/b3-2+,18-4?. The Morgan fingerprint density at radius 1 is 0.947 bits per heavy atom. The molecule has 0 spiro atoms. The Balaban J connectivity index is 1.69. The first-order valence-electron chi connectivity index (χ1n) is 10.6. The number of nitrogens with zero attached hydrogens (tertiary/aromatic N) is 4. The van der Waals surface area contributed by atoms with Crippen LogP contribution >= 0.6 is 0 Å². The topological polar surface area (TPSA) is 211 Å². The lowest BCUT2D eigenvalue weighted by molar-refractivity contribution is -0.294. The van der Waals surface area contributed by atoms with Crippen LogP contribution < -0.4 is 20.3 Å². The molecule has 1 aliphatic rings. The van der Waals surface area contributed by atoms with Gasteiger partial charge in [0.1, 0.15) is 21.5 Å². The fourth-order valence-corrected chi connectivity index (χ4v) is 3.93. The molecule has 3 aromatic rings. The number of anilines is 1. The summed E-state index contributed by atoms with van der Waals surface area (Å²) in [5.74, 6) is -5.30. The van der Waals surface area contributed by atoms with E-state index in [0.717, 1.165) is 52.7 Å². The molecule has 1 aromatic heterocycles. The molecule has 14 heteroatoms. The molecule has 4 rings (SSSR count). The zero-order valence-corrected chi connectivity index (χ0v) is 20.0. The summed E-state index contributed by atoms with van der Waals surface area (Å²) in [5, 5.41) is 44.1. The number of aryl methyl sites for hydroxylation is 1. The number of aromatic nitrogens is 2. The molecule has 0 aliphatic carbocycles. The summed E-state index contributed by atoms with van der Waals surface area (Å²) < 4.78 is 34.2. The van der Waals surface area contributed by atoms with Crippen molar-refractivity contribution in [3.63, 3.8) is 0 Å². The first-order valence-corrected chi connectivity index (χ1v) is 12.0. The lowest BCUT2D eigenvalue weighted by Crippen LogP contribution is -2.32. The van der Waals surface area contributed by atoms with Gasteiger partial charge in [-0.2, -0.15) is 15.2 Å². The van der Waals surface area contributed by atoms with Crippen molar-refractivity contribution in [2.45, 2.75) is 11.8 Å². The van der Waals surface area contributed by atoms with Crippen molar-refractivity contribution in [1.82, 2.24) is 9.78 Å². The molecule has 0 bridgehead atoms. The zero-order chi connectivity index (χ0) is 27.8. The quantitative estimate of drug-likeness (QED) is 0.256. The lowest BCUT2D eigenvalue weighted by Gasteiger charge is -2.13. The molecule has 0 unspecified atom stereocenters. The van der Waals surface area contributed by atoms with E-state index in [4.69, 9.17) is 0 Å². The molecule has 0 saturated heterocycles. The van der Waals surface area contributed by atoms with Crippen molar-refractivity contribution in [3.05, 3.63) is 83.1 Å². The highest BCUT2D eigenvalue weighted by molar-refractivity contribution is 7.85. The summed E-state index contributed by atoms with van der Waals surface area (Å²) in [6, 6.07) is 10.5. The fraction of sp³-hybridized carbons (Fsp3) is 0.0417. The number of hydrazone groups is 1. The van der Waals surface area contributed by atoms with Crippen molar-refractivity contribution < 1.29 is 42.7 Å². The molecule has 194 valence electrons. The molecular weight excluding hydrogens is 520 g/mol. The number of allylic oxidation sites excluding steroid dienone is 2. The van der Waals surface area contributed by atoms with Crippen molar-refractivity contribution in [2.75, 3.05) is 5.01 Å². The maximum Gasteiger partial charge on any atom is 0.281 e. The monoisotopic (exact) mass is 534 g/mol. The van der Waals surface area contributed by atoms with E-state index in [9.17, 15) is 42.7 Å². The van der Waals surface area contributed by atoms with Crippen LogP contribution in [0.5, 0.6) is 5.88 Å². The summed E-state index contributed by atoms with van der Waals surface area (Å²) in [6.45, 7) is 1.82. The van der Waals surface area contributed by atoms with E-state index in [1.54, 1.807) is 24.3 Å². The molecule has 0 fully saturated rings. The Morgan fingerprint density at radius 2 is 1.55 bits per heavy atom. The predicted octanol–water partition coefficient (Wildman–Crippen LogP) is -1.39. The van der Waals surface area contributed by atoms with Gasteiger partial charge in [-0.1, -0.05) is 29.8 Å². The second kappa shape index (κ2) is 9.76. The first-order chi connectivity index (χ1) is 17.9. The Kier molecular flexibility index (Phi) is 6.68. The van der Waals surface area contributed by atoms with Crippen molar-refractivity contribution in [3.8, 4) is 11.6 Å². The van der Waals surface area contributed by atoms with E-state index in [-0.39, 0.29) is 11.3 Å². The van der Waals surface area contributed by atoms with Crippen LogP contribution in [-0.2, 0) is 19.7 Å². The second-order valence-electron chi connectivity index (χ2n) is 7.84. The van der Waals surface area contributed by atoms with Crippen LogP contribution in [0, 0.1) is 6.92 Å². The zero-order valence-electron chi connectivity index (χ0n) is 19.2. The van der Waals surface area contributed by atoms with Gasteiger partial charge in [-0.3, -0.25) is 4.79 Å². The van der Waals surface area contributed by atoms with Crippen molar-refractivity contribution in [1.29, 1.82) is 0 Å². The number of carbonyl (C=O) groups excluding carboxylic acids is 3. The molecule has 0 atom stereocenters. The van der Waals surface area contributed by atoms with E-state index >= 15 is 0 Å². The molecule has 2 heterocycles. The smallest absolute Gasteiger partial charge is 0.281 e. The molecule has 38 heavy (non-hydrogen) atoms. The predicted molar refractivity (Wildman–Crippen MR) is 124 cm³/mol. The number of carboxylic acids is 2. The third-order valence-corrected chi connectivity index (χ3v) is 6.17. The van der Waals surface area contributed by atoms with Gasteiger partial charge in [0.05, 0.1) is 33.8 Å². The van der Waals surface area contributed by atoms with Crippen LogP contribution in [0.2, 0.25) is 0 Å². The highest BCUT2D eigenvalue weighted by Gasteiger charge is 2.31. The summed E-state index contributed by atoms with van der Waals surface area (Å²) in [4.78, 5) is 35.4. The molecule has 1 aliphatic heterocycles. The minimum Gasteiger partial charge on any atom is -0.858 e. The van der Waals surface area contributed by atoms with Gasteiger partial charge in [0.15, 0.2) is 0 Å². The summed E-state index contributed by atoms with van der Waals surface area (Å²) in [7, 11) is -4.75. The maximum atomic E-state index is 12.9. The number of aromatic carboxylic acids is 1. The number of hydrogen-bond donors (Lipinski definition) is 0. The average Bonchev–Trinajstić information content (AvgIpc) is 3.36. The number of aliphatic carboxylic acids is 1. The molecule has 2 aromatic carbocycles. The Labute approximate surface area is 214 Å². The highest BCUT2D eigenvalue weighted by Crippen LogP contribution is 2.27. The molecule has 0 saturated carbocycles. The van der Waals surface area contributed by atoms with E-state index in [1.165, 1.54) is 0 Å². The summed E-state index contributed by atoms with van der Waals surface area (Å²) >= 11 is 0. The van der Waals surface area contributed by atoms with E-state index < -0.39 is 55.7 Å². The lowest BCUT2D eigenvalue weighted by atomic mass is 10.1. The number of benzene rings is 2. The Bertz CT molecular complexity index is 1670. The molecule has 13 nitrogen and oxygen atoms in total. The largest absolute Gasteiger partial charge is 0.858 e. The SMILES string of the molecule is Cc1ccc(-n2nc(C(=O)[O-])c(/C=C/C=C3C(=O)N(c4ccc(S(=O)(=O)[O-])cc4)N=C3C(=O)[O-])c2[O-])cc1. The van der Waals surface area contributed by atoms with Gasteiger partial charge in [0, 0.05) is 5.56 Å². The Morgan fingerprint density at radius 3 is 2.11 bits per heavy atom. The van der Waals surface area contributed by atoms with Gasteiger partial charge in [-0.25, -0.2) is 13.1 Å². The molecule has 1 amide bonds. The van der Waals surface area contributed by atoms with Crippen LogP contribution in [0.1, 0.15) is 21.6 Å². The highest BCUT2D eigenvalue weighted by atomic mass is 32.2. The fourth-order valence-electron chi connectivity index (χ4n) is 3.46. The number of carbonyl (C=O) groups is 3. The van der Waals surface area contributed by atoms with Gasteiger partial charge in [-0.05, 0) is 55.3 Å². The van der Waals surface area contributed by atoms with Gasteiger partial charge >= 0.3 is 0 Å². The average molecular weight is 534 g/mol. The van der Waals surface area contributed by atoms with Gasteiger partial charge < -0.3 is 29.5 Å². The van der Waals surface area contributed by atoms with E-state index in [0.29, 0.717) is 10.7 Å². The number of amides is 1. The Hall–Kier alpha value is -5.08. The van der Waals surface area contributed by atoms with Crippen LogP contribution in [-0.4, -0.2) is 46.3 Å². The maximum absolute atomic E-state index is 12.9. The van der Waals surface area contributed by atoms with Gasteiger partial charge in [0.25, 0.3) is 5.91 Å². The first kappa shape index (κ1) is 26.0. The van der Waals surface area contributed by atoms with Crippen LogP contribution in [0.3, 0.4) is 0 Å². The van der Waals surface area contributed by atoms with Crippen molar-refractivity contribution in [2.24, 2.45) is 5.10 Å². The summed E-state index contributed by atoms with van der Waals surface area (Å²) in [5.41, 5.74) is -1.17. The minimum absolute atomic E-state index is 0.0472. The number of rotatable bonds is 7. The van der Waals surface area contributed by atoms with Gasteiger partial charge in [-0.15, -0.1) is 0 Å². The number of hydrogen-bond acceptors (Lipinski definition) is 11. The van der Waals surface area contributed by atoms with Crippen molar-refractivity contribution >= 4 is 45.4 Å². The minimum atomic E-state index is -4.75. The normalized spacial score (nSPS) is 14.9. The summed E-state index contributed by atoms with van der Waals surface area (Å²) in [6.07, 6.45) is 3.07.